The molecule has 0 aliphatic carbocycles. The Morgan fingerprint density at radius 3 is 2.65 bits per heavy atom. The highest BCUT2D eigenvalue weighted by Gasteiger charge is 2.20. The van der Waals surface area contributed by atoms with Crippen molar-refractivity contribution in [1.82, 2.24) is 14.9 Å². The Kier molecular flexibility index (Phi) is 6.63. The van der Waals surface area contributed by atoms with Gasteiger partial charge >= 0.3 is 5.97 Å². The number of ether oxygens (including phenoxy) is 1. The molecule has 1 amide bonds. The maximum absolute atomic E-state index is 14.7. The summed E-state index contributed by atoms with van der Waals surface area (Å²) in [5.74, 6) is -1.65. The quantitative estimate of drug-likeness (QED) is 0.269. The lowest BCUT2D eigenvalue weighted by molar-refractivity contribution is 0.0599. The van der Waals surface area contributed by atoms with Gasteiger partial charge in [-0.05, 0) is 49.4 Å². The molecular weight excluding hydrogens is 493 g/mol. The van der Waals surface area contributed by atoms with Gasteiger partial charge in [0.2, 0.25) is 0 Å². The van der Waals surface area contributed by atoms with Crippen molar-refractivity contribution in [3.63, 3.8) is 0 Å². The van der Waals surface area contributed by atoms with E-state index in [0.29, 0.717) is 22.6 Å². The fraction of sp³-hybridized carbons (Fsp3) is 0.138. The van der Waals surface area contributed by atoms with Crippen LogP contribution in [0.5, 0.6) is 0 Å². The molecule has 0 aliphatic heterocycles. The predicted molar refractivity (Wildman–Crippen MR) is 141 cm³/mol. The zero-order valence-electron chi connectivity index (χ0n) is 20.2. The van der Waals surface area contributed by atoms with E-state index in [2.05, 4.69) is 10.1 Å². The maximum Gasteiger partial charge on any atom is 0.337 e. The number of hydrogen-bond acceptors (Lipinski definition) is 4. The van der Waals surface area contributed by atoms with Gasteiger partial charge < -0.3 is 14.6 Å². The van der Waals surface area contributed by atoms with E-state index >= 15 is 0 Å². The minimum absolute atomic E-state index is 0.0963. The van der Waals surface area contributed by atoms with Crippen molar-refractivity contribution in [2.24, 2.45) is 0 Å². The van der Waals surface area contributed by atoms with Crippen LogP contribution in [0, 0.1) is 5.82 Å². The van der Waals surface area contributed by atoms with Crippen LogP contribution in [-0.2, 0) is 11.3 Å². The molecule has 6 nitrogen and oxygen atoms in total. The van der Waals surface area contributed by atoms with Gasteiger partial charge in [-0.1, -0.05) is 41.9 Å². The molecule has 0 saturated carbocycles. The number of nitrogens with one attached hydrogen (secondary N) is 1. The summed E-state index contributed by atoms with van der Waals surface area (Å²) in [6.07, 6.45) is 1.89. The SMILES string of the molecule is COC(=O)c1ccc([C@H](C)NC(=O)c2cc(Cl)cc3ccn(Cc4ccc5ccccc5n4)c23)c(F)c1. The number of fused-ring (bicyclic) bond motifs is 2. The standard InChI is InChI=1S/C29H23ClFN3O3/c1-17(23-10-8-20(14-25(23)31)29(36)37-2)32-28(35)24-15-21(30)13-19-11-12-34(27(19)24)16-22-9-7-18-5-3-4-6-26(18)33-22/h3-15,17H,16H2,1-2H3,(H,32,35)/t17-/m0/s1. The first-order valence-corrected chi connectivity index (χ1v) is 12.0. The molecule has 0 aliphatic rings. The Labute approximate surface area is 217 Å². The number of halogens is 2. The number of esters is 1. The third-order valence-electron chi connectivity index (χ3n) is 6.29. The number of hydrogen-bond donors (Lipinski definition) is 1. The third-order valence-corrected chi connectivity index (χ3v) is 6.51. The van der Waals surface area contributed by atoms with Gasteiger partial charge in [0, 0.05) is 27.6 Å². The van der Waals surface area contributed by atoms with Crippen molar-refractivity contribution in [2.45, 2.75) is 19.5 Å². The zero-order valence-corrected chi connectivity index (χ0v) is 20.9. The molecular formula is C29H23ClFN3O3. The van der Waals surface area contributed by atoms with Gasteiger partial charge in [-0.3, -0.25) is 9.78 Å². The lowest BCUT2D eigenvalue weighted by atomic mass is 10.0. The fourth-order valence-electron chi connectivity index (χ4n) is 4.46. The van der Waals surface area contributed by atoms with Gasteiger partial charge in [0.15, 0.2) is 0 Å². The van der Waals surface area contributed by atoms with Crippen molar-refractivity contribution >= 4 is 45.3 Å². The molecule has 1 N–H and O–H groups in total. The summed E-state index contributed by atoms with van der Waals surface area (Å²) < 4.78 is 21.3. The molecule has 0 spiro atoms. The van der Waals surface area contributed by atoms with E-state index in [1.807, 2.05) is 53.2 Å². The Balaban J connectivity index is 1.45. The van der Waals surface area contributed by atoms with Gasteiger partial charge in [-0.25, -0.2) is 9.18 Å². The smallest absolute Gasteiger partial charge is 0.337 e. The van der Waals surface area contributed by atoms with E-state index in [1.54, 1.807) is 19.1 Å². The molecule has 186 valence electrons. The average Bonchev–Trinajstić information content (AvgIpc) is 3.29. The van der Waals surface area contributed by atoms with Crippen LogP contribution in [0.4, 0.5) is 4.39 Å². The Hall–Kier alpha value is -4.23. The molecule has 0 unspecified atom stereocenters. The minimum atomic E-state index is -0.668. The predicted octanol–water partition coefficient (Wildman–Crippen LogP) is 6.31. The van der Waals surface area contributed by atoms with Crippen LogP contribution < -0.4 is 5.32 Å². The topological polar surface area (TPSA) is 73.2 Å². The van der Waals surface area contributed by atoms with Crippen molar-refractivity contribution in [2.75, 3.05) is 7.11 Å². The van der Waals surface area contributed by atoms with Crippen LogP contribution in [0.15, 0.2) is 79.0 Å². The highest BCUT2D eigenvalue weighted by Crippen LogP contribution is 2.27. The lowest BCUT2D eigenvalue weighted by Gasteiger charge is -2.17. The summed E-state index contributed by atoms with van der Waals surface area (Å²) in [7, 11) is 1.23. The van der Waals surface area contributed by atoms with Gasteiger partial charge in [0.1, 0.15) is 5.82 Å². The summed E-state index contributed by atoms with van der Waals surface area (Å²) in [6.45, 7) is 2.13. The summed E-state index contributed by atoms with van der Waals surface area (Å²) in [5, 5.41) is 5.13. The molecule has 37 heavy (non-hydrogen) atoms. The van der Waals surface area contributed by atoms with Gasteiger partial charge in [0.25, 0.3) is 5.91 Å². The Bertz CT molecular complexity index is 1660. The normalized spacial score (nSPS) is 12.0. The van der Waals surface area contributed by atoms with Crippen LogP contribution in [0.3, 0.4) is 0 Å². The van der Waals surface area contributed by atoms with Crippen molar-refractivity contribution in [1.29, 1.82) is 0 Å². The van der Waals surface area contributed by atoms with E-state index in [1.165, 1.54) is 19.2 Å². The molecule has 1 atom stereocenters. The fourth-order valence-corrected chi connectivity index (χ4v) is 4.69. The molecule has 5 rings (SSSR count). The summed E-state index contributed by atoms with van der Waals surface area (Å²) in [5.41, 5.74) is 3.15. The second-order valence-electron chi connectivity index (χ2n) is 8.75. The van der Waals surface area contributed by atoms with Crippen LogP contribution in [0.1, 0.15) is 44.9 Å². The van der Waals surface area contributed by atoms with Gasteiger partial charge in [0.05, 0.1) is 47.6 Å². The zero-order chi connectivity index (χ0) is 26.1. The van der Waals surface area contributed by atoms with Crippen LogP contribution in [-0.4, -0.2) is 28.5 Å². The number of nitrogens with zero attached hydrogens (tertiary/aromatic N) is 2. The molecule has 0 bridgehead atoms. The molecule has 8 heteroatoms. The highest BCUT2D eigenvalue weighted by molar-refractivity contribution is 6.32. The van der Waals surface area contributed by atoms with E-state index in [4.69, 9.17) is 16.6 Å². The molecule has 0 saturated heterocycles. The first kappa shape index (κ1) is 24.5. The molecule has 2 heterocycles. The summed E-state index contributed by atoms with van der Waals surface area (Å²) >= 11 is 6.34. The number of aromatic nitrogens is 2. The van der Waals surface area contributed by atoms with Crippen molar-refractivity contribution in [3.05, 3.63) is 112 Å². The molecule has 3 aromatic carbocycles. The van der Waals surface area contributed by atoms with Gasteiger partial charge in [-0.2, -0.15) is 0 Å². The Morgan fingerprint density at radius 1 is 1.05 bits per heavy atom. The number of amides is 1. The summed E-state index contributed by atoms with van der Waals surface area (Å²) in [4.78, 5) is 29.8. The van der Waals surface area contributed by atoms with Crippen molar-refractivity contribution in [3.8, 4) is 0 Å². The lowest BCUT2D eigenvalue weighted by Crippen LogP contribution is -2.28. The number of para-hydroxylation sites is 1. The number of carbonyl (C=O) groups excluding carboxylic acids is 2. The number of methoxy groups -OCH3 is 1. The molecule has 5 aromatic rings. The van der Waals surface area contributed by atoms with Crippen LogP contribution in [0.25, 0.3) is 21.8 Å². The van der Waals surface area contributed by atoms with E-state index in [9.17, 15) is 14.0 Å². The largest absolute Gasteiger partial charge is 0.465 e. The van der Waals surface area contributed by atoms with Crippen molar-refractivity contribution < 1.29 is 18.7 Å². The Morgan fingerprint density at radius 2 is 1.86 bits per heavy atom. The first-order chi connectivity index (χ1) is 17.8. The maximum atomic E-state index is 14.7. The minimum Gasteiger partial charge on any atom is -0.465 e. The molecule has 2 aromatic heterocycles. The van der Waals surface area contributed by atoms with Gasteiger partial charge in [-0.15, -0.1) is 0 Å². The van der Waals surface area contributed by atoms with Crippen LogP contribution >= 0.6 is 11.6 Å². The second kappa shape index (κ2) is 10.0. The van der Waals surface area contributed by atoms with E-state index in [0.717, 1.165) is 28.0 Å². The molecule has 0 fully saturated rings. The number of benzene rings is 3. The first-order valence-electron chi connectivity index (χ1n) is 11.7. The highest BCUT2D eigenvalue weighted by atomic mass is 35.5. The third kappa shape index (κ3) is 4.90. The summed E-state index contributed by atoms with van der Waals surface area (Å²) in [6, 6.07) is 20.5. The monoisotopic (exact) mass is 515 g/mol. The molecule has 0 radical (unpaired) electrons. The van der Waals surface area contributed by atoms with Crippen LogP contribution in [0.2, 0.25) is 5.02 Å². The second-order valence-corrected chi connectivity index (χ2v) is 9.19. The average molecular weight is 516 g/mol. The number of carbonyl (C=O) groups is 2. The number of pyridine rings is 1. The van der Waals surface area contributed by atoms with E-state index < -0.39 is 23.7 Å². The van der Waals surface area contributed by atoms with E-state index in [-0.39, 0.29) is 11.1 Å². The number of rotatable bonds is 6.